The third-order valence-corrected chi connectivity index (χ3v) is 2.70. The van der Waals surface area contributed by atoms with Crippen molar-refractivity contribution in [3.05, 3.63) is 36.0 Å². The zero-order valence-electron chi connectivity index (χ0n) is 8.95. The van der Waals surface area contributed by atoms with Crippen LogP contribution in [0.5, 0.6) is 0 Å². The molecule has 6 nitrogen and oxygen atoms in total. The Bertz CT molecular complexity index is 557. The maximum absolute atomic E-state index is 10.6. The number of carboxylic acid groups (broad SMARTS) is 1. The molecule has 1 aliphatic carbocycles. The van der Waals surface area contributed by atoms with E-state index in [1.165, 1.54) is 25.2 Å². The van der Waals surface area contributed by atoms with Crippen LogP contribution in [0, 0.1) is 0 Å². The molecule has 3 rings (SSSR count). The van der Waals surface area contributed by atoms with E-state index < -0.39 is 5.97 Å². The molecule has 2 aromatic heterocycles. The Morgan fingerprint density at radius 3 is 2.76 bits per heavy atom. The Morgan fingerprint density at radius 1 is 1.35 bits per heavy atom. The molecule has 0 spiro atoms. The van der Waals surface area contributed by atoms with Gasteiger partial charge >= 0.3 is 5.97 Å². The van der Waals surface area contributed by atoms with Gasteiger partial charge in [-0.1, -0.05) is 0 Å². The molecule has 0 radical (unpaired) electrons. The van der Waals surface area contributed by atoms with Crippen molar-refractivity contribution in [1.82, 2.24) is 19.7 Å². The number of aromatic nitrogens is 4. The fourth-order valence-electron chi connectivity index (χ4n) is 1.61. The van der Waals surface area contributed by atoms with Crippen LogP contribution in [-0.2, 0) is 0 Å². The fourth-order valence-corrected chi connectivity index (χ4v) is 1.61. The summed E-state index contributed by atoms with van der Waals surface area (Å²) in [6.07, 6.45) is 6.85. The van der Waals surface area contributed by atoms with Gasteiger partial charge < -0.3 is 5.11 Å². The van der Waals surface area contributed by atoms with Crippen molar-refractivity contribution < 1.29 is 9.90 Å². The lowest BCUT2D eigenvalue weighted by Gasteiger charge is -1.99. The number of hydrogen-bond donors (Lipinski definition) is 1. The van der Waals surface area contributed by atoms with Gasteiger partial charge in [0.25, 0.3) is 0 Å². The van der Waals surface area contributed by atoms with Gasteiger partial charge in [0.05, 0.1) is 18.1 Å². The summed E-state index contributed by atoms with van der Waals surface area (Å²) in [6, 6.07) is 1.96. The predicted octanol–water partition coefficient (Wildman–Crippen LogP) is 1.24. The van der Waals surface area contributed by atoms with Crippen LogP contribution in [0.3, 0.4) is 0 Å². The van der Waals surface area contributed by atoms with E-state index in [1.807, 2.05) is 12.3 Å². The largest absolute Gasteiger partial charge is 0.476 e. The van der Waals surface area contributed by atoms with Gasteiger partial charge in [-0.15, -0.1) is 0 Å². The first-order chi connectivity index (χ1) is 8.24. The SMILES string of the molecule is O=C(O)c1cnc(-n2ccc(C3CC3)n2)cn1. The van der Waals surface area contributed by atoms with Crippen molar-refractivity contribution in [2.75, 3.05) is 0 Å². The lowest BCUT2D eigenvalue weighted by Crippen LogP contribution is -2.05. The molecule has 0 bridgehead atoms. The minimum Gasteiger partial charge on any atom is -0.476 e. The summed E-state index contributed by atoms with van der Waals surface area (Å²) in [7, 11) is 0. The highest BCUT2D eigenvalue weighted by Gasteiger charge is 2.25. The minimum atomic E-state index is -1.08. The van der Waals surface area contributed by atoms with E-state index in [9.17, 15) is 4.79 Å². The number of carbonyl (C=O) groups is 1. The molecule has 1 N–H and O–H groups in total. The quantitative estimate of drug-likeness (QED) is 0.857. The molecule has 2 aromatic rings. The first kappa shape index (κ1) is 9.95. The summed E-state index contributed by atoms with van der Waals surface area (Å²) in [6.45, 7) is 0. The van der Waals surface area contributed by atoms with Crippen LogP contribution in [0.25, 0.3) is 5.82 Å². The third-order valence-electron chi connectivity index (χ3n) is 2.70. The van der Waals surface area contributed by atoms with Crippen molar-refractivity contribution in [2.45, 2.75) is 18.8 Å². The van der Waals surface area contributed by atoms with E-state index in [4.69, 9.17) is 5.11 Å². The molecule has 0 atom stereocenters. The molecule has 1 saturated carbocycles. The van der Waals surface area contributed by atoms with Crippen molar-refractivity contribution in [3.63, 3.8) is 0 Å². The number of hydrogen-bond acceptors (Lipinski definition) is 4. The van der Waals surface area contributed by atoms with Gasteiger partial charge in [-0.3, -0.25) is 0 Å². The van der Waals surface area contributed by atoms with E-state index in [2.05, 4.69) is 15.1 Å². The summed E-state index contributed by atoms with van der Waals surface area (Å²) in [5.74, 6) is 0.0348. The van der Waals surface area contributed by atoms with Gasteiger partial charge in [-0.25, -0.2) is 19.4 Å². The van der Waals surface area contributed by atoms with Gasteiger partial charge in [-0.2, -0.15) is 5.10 Å². The molecule has 0 amide bonds. The second-order valence-corrected chi connectivity index (χ2v) is 4.02. The second kappa shape index (κ2) is 3.65. The molecular formula is C11H10N4O2. The van der Waals surface area contributed by atoms with Crippen LogP contribution >= 0.6 is 0 Å². The molecule has 2 heterocycles. The third kappa shape index (κ3) is 1.89. The lowest BCUT2D eigenvalue weighted by atomic mass is 10.3. The van der Waals surface area contributed by atoms with E-state index in [1.54, 1.807) is 4.68 Å². The molecule has 17 heavy (non-hydrogen) atoms. The molecule has 0 unspecified atom stereocenters. The Balaban J connectivity index is 1.89. The molecule has 0 aliphatic heterocycles. The zero-order valence-corrected chi connectivity index (χ0v) is 8.95. The van der Waals surface area contributed by atoms with Crippen LogP contribution in [0.2, 0.25) is 0 Å². The van der Waals surface area contributed by atoms with E-state index in [0.717, 1.165) is 5.69 Å². The topological polar surface area (TPSA) is 80.9 Å². The van der Waals surface area contributed by atoms with Crippen molar-refractivity contribution in [1.29, 1.82) is 0 Å². The fraction of sp³-hybridized carbons (Fsp3) is 0.273. The summed E-state index contributed by atoms with van der Waals surface area (Å²) in [4.78, 5) is 18.4. The number of carboxylic acids is 1. The number of rotatable bonds is 3. The van der Waals surface area contributed by atoms with Gasteiger partial charge in [0, 0.05) is 12.1 Å². The van der Waals surface area contributed by atoms with Gasteiger partial charge in [0.15, 0.2) is 11.5 Å². The van der Waals surface area contributed by atoms with Crippen LogP contribution < -0.4 is 0 Å². The predicted molar refractivity (Wildman–Crippen MR) is 58.1 cm³/mol. The van der Waals surface area contributed by atoms with Gasteiger partial charge in [0.2, 0.25) is 0 Å². The first-order valence-corrected chi connectivity index (χ1v) is 5.35. The van der Waals surface area contributed by atoms with E-state index >= 15 is 0 Å². The van der Waals surface area contributed by atoms with Gasteiger partial charge in [-0.05, 0) is 18.9 Å². The summed E-state index contributed by atoms with van der Waals surface area (Å²) < 4.78 is 1.62. The highest BCUT2D eigenvalue weighted by Crippen LogP contribution is 2.38. The molecule has 86 valence electrons. The Labute approximate surface area is 96.9 Å². The first-order valence-electron chi connectivity index (χ1n) is 5.35. The normalized spacial score (nSPS) is 14.8. The van der Waals surface area contributed by atoms with Crippen LogP contribution in [0.15, 0.2) is 24.7 Å². The van der Waals surface area contributed by atoms with E-state index in [0.29, 0.717) is 11.7 Å². The molecule has 1 fully saturated rings. The van der Waals surface area contributed by atoms with Crippen molar-refractivity contribution in [2.24, 2.45) is 0 Å². The number of aromatic carboxylic acids is 1. The van der Waals surface area contributed by atoms with Crippen LogP contribution in [0.4, 0.5) is 0 Å². The minimum absolute atomic E-state index is 0.0664. The summed E-state index contributed by atoms with van der Waals surface area (Å²) in [5, 5.41) is 13.1. The Morgan fingerprint density at radius 2 is 2.18 bits per heavy atom. The number of nitrogens with zero attached hydrogens (tertiary/aromatic N) is 4. The van der Waals surface area contributed by atoms with Gasteiger partial charge in [0.1, 0.15) is 0 Å². The molecule has 0 saturated heterocycles. The average molecular weight is 230 g/mol. The maximum Gasteiger partial charge on any atom is 0.356 e. The maximum atomic E-state index is 10.6. The lowest BCUT2D eigenvalue weighted by molar-refractivity contribution is 0.0690. The highest BCUT2D eigenvalue weighted by atomic mass is 16.4. The van der Waals surface area contributed by atoms with Crippen molar-refractivity contribution in [3.8, 4) is 5.82 Å². The van der Waals surface area contributed by atoms with Crippen LogP contribution in [-0.4, -0.2) is 30.8 Å². The zero-order chi connectivity index (χ0) is 11.8. The smallest absolute Gasteiger partial charge is 0.356 e. The Kier molecular flexibility index (Phi) is 2.14. The average Bonchev–Trinajstić information content (AvgIpc) is 3.07. The standard InChI is InChI=1S/C11H10N4O2/c16-11(17)9-5-13-10(6-12-9)15-4-3-8(14-15)7-1-2-7/h3-7H,1-2H2,(H,16,17). The second-order valence-electron chi connectivity index (χ2n) is 4.02. The molecule has 1 aliphatic rings. The summed E-state index contributed by atoms with van der Waals surface area (Å²) >= 11 is 0. The Hall–Kier alpha value is -2.24. The molecule has 6 heteroatoms. The van der Waals surface area contributed by atoms with E-state index in [-0.39, 0.29) is 5.69 Å². The van der Waals surface area contributed by atoms with Crippen LogP contribution in [0.1, 0.15) is 34.9 Å². The molecular weight excluding hydrogens is 220 g/mol. The highest BCUT2D eigenvalue weighted by molar-refractivity contribution is 5.84. The monoisotopic (exact) mass is 230 g/mol. The molecule has 0 aromatic carbocycles. The van der Waals surface area contributed by atoms with Crippen molar-refractivity contribution >= 4 is 5.97 Å². The summed E-state index contributed by atoms with van der Waals surface area (Å²) in [5.41, 5.74) is 0.998.